The molecule has 0 saturated heterocycles. The molecular weight excluding hydrogens is 1690 g/mol. The maximum absolute atomic E-state index is 14.0. The van der Waals surface area contributed by atoms with Crippen molar-refractivity contribution in [3.05, 3.63) is 308 Å². The minimum atomic E-state index is -3.93. The molecule has 2 saturated carbocycles. The summed E-state index contributed by atoms with van der Waals surface area (Å²) in [5, 5.41) is 27.1. The molecule has 0 radical (unpaired) electrons. The molecule has 31 heteroatoms. The van der Waals surface area contributed by atoms with Crippen molar-refractivity contribution < 1.29 is 73.9 Å². The Balaban J connectivity index is 0.000000154. The number of carbonyl (C=O) groups is 7. The Hall–Kier alpha value is -12.5. The fourth-order valence-corrected chi connectivity index (χ4v) is 19.5. The molecule has 0 aromatic heterocycles. The normalized spacial score (nSPS) is 19.1. The highest BCUT2D eigenvalue weighted by Crippen LogP contribution is 2.51. The Labute approximate surface area is 739 Å². The second kappa shape index (κ2) is 38.2. The van der Waals surface area contributed by atoms with E-state index in [-0.39, 0.29) is 78.9 Å². The maximum Gasteiger partial charge on any atom is 0.303 e. The first-order valence-corrected chi connectivity index (χ1v) is 44.7. The second-order valence-corrected chi connectivity index (χ2v) is 36.5. The van der Waals surface area contributed by atoms with E-state index in [4.69, 9.17) is 37.8 Å². The Morgan fingerprint density at radius 2 is 1.01 bits per heavy atom. The SMILES string of the molecule is COc1cc(C(=O)N2CC[C@@]3(CC[C@@H](NS(N)(=O)=O)C3)Cc3ccccc32)ccc1NC(=O)c1cc(F)ccc1Cl.COc1cc(C(=O)N2CC[C@]3(C=C(C(=O)NS(=O)(=O)N(C)C)CC3)Cc3ccccc32)ccc1NC(=O)c1cc(F)ccc1Cl.O=C(Nc1ccc(C(=O)N2CCC3(CCCC3=NO)Cc3ccccc32)cc1)c1ccccc1-c1ccccc1. The molecule has 1 unspecified atom stereocenters. The van der Waals surface area contributed by atoms with Gasteiger partial charge in [-0.25, -0.2) is 18.6 Å². The van der Waals surface area contributed by atoms with E-state index in [1.54, 1.807) is 58.3 Å². The summed E-state index contributed by atoms with van der Waals surface area (Å²) >= 11 is 12.2. The van der Waals surface area contributed by atoms with Gasteiger partial charge in [0.05, 0.1) is 52.5 Å². The fraction of sp³-hybridized carbons (Fsp3) is 0.263. The molecule has 10 aromatic carbocycles. The molecule has 7 amide bonds. The summed E-state index contributed by atoms with van der Waals surface area (Å²) in [5.41, 5.74) is 10.7. The van der Waals surface area contributed by atoms with Gasteiger partial charge in [-0.15, -0.1) is 0 Å². The lowest BCUT2D eigenvalue weighted by Gasteiger charge is -2.28. The third-order valence-corrected chi connectivity index (χ3v) is 27.0. The predicted molar refractivity (Wildman–Crippen MR) is 483 cm³/mol. The summed E-state index contributed by atoms with van der Waals surface area (Å²) in [5.74, 6) is -3.46. The van der Waals surface area contributed by atoms with Gasteiger partial charge in [0.25, 0.3) is 51.6 Å². The average Bonchev–Trinajstić information content (AvgIpc) is 1.62. The predicted octanol–water partition coefficient (Wildman–Crippen LogP) is 16.8. The van der Waals surface area contributed by atoms with Crippen LogP contribution in [0.4, 0.5) is 42.9 Å². The molecule has 4 atom stereocenters. The van der Waals surface area contributed by atoms with Crippen LogP contribution in [-0.2, 0) is 44.5 Å². The number of nitrogens with one attached hydrogen (secondary N) is 5. The molecule has 0 bridgehead atoms. The minimum absolute atomic E-state index is 0.0302. The average molecular weight is 1790 g/mol. The summed E-state index contributed by atoms with van der Waals surface area (Å²) in [7, 11) is -2.22. The maximum atomic E-state index is 14.0. The van der Waals surface area contributed by atoms with Gasteiger partial charge in [-0.05, 0) is 250 Å². The molecule has 3 aliphatic carbocycles. The van der Waals surface area contributed by atoms with E-state index >= 15 is 0 Å². The Bertz CT molecular complexity index is 6210. The highest BCUT2D eigenvalue weighted by molar-refractivity contribution is 7.87. The number of amides is 7. The number of para-hydroxylation sites is 3. The first-order valence-electron chi connectivity index (χ1n) is 41.0. The summed E-state index contributed by atoms with van der Waals surface area (Å²) in [6.07, 6.45) is 11.8. The van der Waals surface area contributed by atoms with Crippen molar-refractivity contribution in [1.82, 2.24) is 13.7 Å². The number of nitrogens with zero attached hydrogens (tertiary/aromatic N) is 5. The molecule has 16 rings (SSSR count). The number of fused-ring (bicyclic) bond motifs is 3. The summed E-state index contributed by atoms with van der Waals surface area (Å²) in [4.78, 5) is 98.6. The Kier molecular flexibility index (Phi) is 27.2. The van der Waals surface area contributed by atoms with Gasteiger partial charge in [0.1, 0.15) is 23.1 Å². The van der Waals surface area contributed by atoms with Crippen molar-refractivity contribution >= 4 is 125 Å². The standard InChI is InChI=1S/C34H31N3O3.C32H32ClFN4O6S.C29H30ClFN4O5S/c38-32(29-13-6-5-12-28(29)24-9-2-1-3-10-24)35-27-18-16-25(17-19-27)33(39)37-22-21-34(20-8-15-31(34)36-40)23-26-11-4-7-14-30(26)37;1-37(2)45(42,43)36-29(39)22-12-13-32(19-22)14-15-38(27-7-5-4-6-21(27)18-32)31(41)20-8-11-26(28(16-20)44-3)35-30(40)24-17-23(34)9-10-25(24)33;1-40-26-14-18(6-9-24(26)33-27(36)22-15-20(31)7-8-23(22)30)28(37)35-13-12-29(16-19-4-2-3-5-25(19)35)11-10-21(17-29)34-41(32,38)39/h1-7,9-14,16-19,40H,8,15,20-23H2,(H,35,38);4-11,16-17,19H,12-15,18H2,1-3H3,(H,35,40)(H,36,39);2-9,14-15,21,34H,10-13,16-17H2,1H3,(H,33,36)(H2,32,38,39)/t;32-;21-,29+/m.01/s1. The second-order valence-electron chi connectivity index (χ2n) is 32.5. The molecular formula is C95H93Cl2F2N11O14S2. The van der Waals surface area contributed by atoms with Gasteiger partial charge in [0, 0.05) is 95.8 Å². The number of halogens is 4. The molecule has 652 valence electrons. The molecule has 6 aliphatic rings. The highest BCUT2D eigenvalue weighted by Gasteiger charge is 2.46. The van der Waals surface area contributed by atoms with Gasteiger partial charge in [-0.2, -0.15) is 25.9 Å². The van der Waals surface area contributed by atoms with Crippen molar-refractivity contribution in [2.75, 3.05) is 78.6 Å². The quantitative estimate of drug-likeness (QED) is 0.0329. The summed E-state index contributed by atoms with van der Waals surface area (Å²) < 4.78 is 91.7. The minimum Gasteiger partial charge on any atom is -0.495 e. The van der Waals surface area contributed by atoms with E-state index in [0.717, 1.165) is 118 Å². The zero-order valence-corrected chi connectivity index (χ0v) is 72.6. The van der Waals surface area contributed by atoms with Crippen LogP contribution in [0.5, 0.6) is 11.5 Å². The lowest BCUT2D eigenvalue weighted by molar-refractivity contribution is -0.116. The monoisotopic (exact) mass is 1780 g/mol. The lowest BCUT2D eigenvalue weighted by atomic mass is 9.76. The number of methoxy groups -OCH3 is 2. The van der Waals surface area contributed by atoms with Gasteiger partial charge in [0.15, 0.2) is 0 Å². The largest absolute Gasteiger partial charge is 0.495 e. The van der Waals surface area contributed by atoms with E-state index in [9.17, 15) is 64.4 Å². The third-order valence-electron chi connectivity index (χ3n) is 24.3. The van der Waals surface area contributed by atoms with E-state index in [1.165, 1.54) is 52.6 Å². The molecule has 8 N–H and O–H groups in total. The smallest absolute Gasteiger partial charge is 0.303 e. The Morgan fingerprint density at radius 3 is 1.56 bits per heavy atom. The van der Waals surface area contributed by atoms with Crippen LogP contribution in [-0.4, -0.2) is 127 Å². The number of ether oxygens (including phenoxy) is 2. The lowest BCUT2D eigenvalue weighted by Crippen LogP contribution is -2.40. The number of hydrogen-bond donors (Lipinski definition) is 7. The fourth-order valence-electron chi connectivity index (χ4n) is 17.9. The van der Waals surface area contributed by atoms with Crippen LogP contribution < -0.4 is 54.7 Å². The Morgan fingerprint density at radius 1 is 0.516 bits per heavy atom. The van der Waals surface area contributed by atoms with Gasteiger partial charge in [-0.1, -0.05) is 138 Å². The van der Waals surface area contributed by atoms with Crippen molar-refractivity contribution in [3.8, 4) is 22.6 Å². The van der Waals surface area contributed by atoms with Crippen molar-refractivity contribution in [2.45, 2.75) is 95.9 Å². The van der Waals surface area contributed by atoms with Crippen LogP contribution in [0.3, 0.4) is 0 Å². The molecule has 3 spiro atoms. The van der Waals surface area contributed by atoms with Crippen LogP contribution in [0.25, 0.3) is 11.1 Å². The van der Waals surface area contributed by atoms with Crippen LogP contribution >= 0.6 is 23.2 Å². The zero-order valence-electron chi connectivity index (χ0n) is 69.4. The van der Waals surface area contributed by atoms with E-state index in [2.05, 4.69) is 36.6 Å². The molecule has 25 nitrogen and oxygen atoms in total. The van der Waals surface area contributed by atoms with Crippen molar-refractivity contribution in [1.29, 1.82) is 0 Å². The van der Waals surface area contributed by atoms with Gasteiger partial charge in [0.2, 0.25) is 0 Å². The molecule has 2 fully saturated rings. The number of anilines is 6. The first-order chi connectivity index (χ1) is 60.4. The molecule has 126 heavy (non-hydrogen) atoms. The number of oxime groups is 1. The number of benzene rings is 10. The number of hydrogen-bond acceptors (Lipinski definition) is 15. The van der Waals surface area contributed by atoms with Crippen LogP contribution in [0.2, 0.25) is 10.0 Å². The topological polar surface area (TPSA) is 338 Å². The third kappa shape index (κ3) is 20.2. The summed E-state index contributed by atoms with van der Waals surface area (Å²) in [6, 6.07) is 63.8. The molecule has 3 heterocycles. The van der Waals surface area contributed by atoms with Gasteiger partial charge < -0.3 is 45.3 Å². The van der Waals surface area contributed by atoms with Gasteiger partial charge in [-0.3, -0.25) is 33.6 Å². The summed E-state index contributed by atoms with van der Waals surface area (Å²) in [6.45, 7) is 1.33. The first kappa shape index (κ1) is 89.8. The number of rotatable bonds is 17. The molecule has 3 aliphatic heterocycles. The van der Waals surface area contributed by atoms with Crippen molar-refractivity contribution in [3.63, 3.8) is 0 Å². The van der Waals surface area contributed by atoms with E-state index < -0.39 is 55.2 Å². The zero-order chi connectivity index (χ0) is 89.4. The number of allylic oxidation sites excluding steroid dienone is 1. The van der Waals surface area contributed by atoms with Crippen LogP contribution in [0, 0.1) is 27.9 Å². The van der Waals surface area contributed by atoms with Crippen molar-refractivity contribution in [2.24, 2.45) is 26.5 Å². The van der Waals surface area contributed by atoms with E-state index in [1.807, 2.05) is 132 Å². The van der Waals surface area contributed by atoms with Crippen LogP contribution in [0.15, 0.2) is 241 Å². The van der Waals surface area contributed by atoms with E-state index in [0.29, 0.717) is 110 Å². The number of nitrogens with two attached hydrogens (primary N) is 1. The molecule has 10 aromatic rings. The van der Waals surface area contributed by atoms with Crippen LogP contribution in [0.1, 0.15) is 149 Å². The van der Waals surface area contributed by atoms with Gasteiger partial charge >= 0.3 is 10.2 Å². The highest BCUT2D eigenvalue weighted by atomic mass is 35.5. The number of carbonyl (C=O) groups excluding carboxylic acids is 7.